The van der Waals surface area contributed by atoms with E-state index in [0.29, 0.717) is 0 Å². The van der Waals surface area contributed by atoms with Crippen molar-refractivity contribution in [3.05, 3.63) is 35.4 Å². The highest BCUT2D eigenvalue weighted by Gasteiger charge is 2.23. The van der Waals surface area contributed by atoms with Crippen LogP contribution >= 0.6 is 0 Å². The third kappa shape index (κ3) is 3.58. The lowest BCUT2D eigenvalue weighted by molar-refractivity contribution is 0.227. The van der Waals surface area contributed by atoms with Gasteiger partial charge >= 0.3 is 0 Å². The molecule has 0 heterocycles. The van der Waals surface area contributed by atoms with Crippen molar-refractivity contribution in [2.24, 2.45) is 11.8 Å². The number of aryl methyl sites for hydroxylation is 1. The van der Waals surface area contributed by atoms with Crippen molar-refractivity contribution in [3.63, 3.8) is 0 Å². The van der Waals surface area contributed by atoms with Crippen molar-refractivity contribution < 1.29 is 0 Å². The van der Waals surface area contributed by atoms with Gasteiger partial charge in [-0.1, -0.05) is 38.1 Å². The molecule has 2 rings (SSSR count). The van der Waals surface area contributed by atoms with Gasteiger partial charge in [0.15, 0.2) is 0 Å². The van der Waals surface area contributed by atoms with Gasteiger partial charge in [-0.2, -0.15) is 0 Å². The molecule has 1 heteroatoms. The van der Waals surface area contributed by atoms with Crippen LogP contribution in [0.4, 0.5) is 0 Å². The minimum absolute atomic E-state index is 0.750. The summed E-state index contributed by atoms with van der Waals surface area (Å²) < 4.78 is 0. The minimum atomic E-state index is 0.750. The Labute approximate surface area is 112 Å². The van der Waals surface area contributed by atoms with Crippen LogP contribution in [0.2, 0.25) is 0 Å². The van der Waals surface area contributed by atoms with Crippen molar-refractivity contribution in [1.82, 2.24) is 5.32 Å². The van der Waals surface area contributed by atoms with Crippen molar-refractivity contribution >= 4 is 0 Å². The van der Waals surface area contributed by atoms with E-state index < -0.39 is 0 Å². The van der Waals surface area contributed by atoms with Gasteiger partial charge in [-0.25, -0.2) is 0 Å². The molecule has 0 spiro atoms. The molecule has 0 saturated heterocycles. The third-order valence-corrected chi connectivity index (χ3v) is 4.69. The molecule has 0 aromatic heterocycles. The second-order valence-corrected chi connectivity index (χ2v) is 6.10. The van der Waals surface area contributed by atoms with Gasteiger partial charge < -0.3 is 5.32 Å². The summed E-state index contributed by atoms with van der Waals surface area (Å²) in [6, 6.07) is 9.48. The predicted molar refractivity (Wildman–Crippen MR) is 78.9 cm³/mol. The Kier molecular flexibility index (Phi) is 4.82. The molecular weight excluding hydrogens is 218 g/mol. The van der Waals surface area contributed by atoms with Crippen LogP contribution in [0.5, 0.6) is 0 Å². The summed E-state index contributed by atoms with van der Waals surface area (Å²) in [7, 11) is 0. The Bertz CT molecular complexity index is 372. The standard InChI is InChI=1S/C17H27N/c1-13-8-9-17(12-15(13)3)18-11-10-16-7-5-4-6-14(16)2/h4-7,13,15,17-18H,8-12H2,1-3H3. The van der Waals surface area contributed by atoms with Gasteiger partial charge in [0.2, 0.25) is 0 Å². The molecule has 1 aromatic rings. The van der Waals surface area contributed by atoms with E-state index in [9.17, 15) is 0 Å². The summed E-state index contributed by atoms with van der Waals surface area (Å²) in [4.78, 5) is 0. The van der Waals surface area contributed by atoms with E-state index in [0.717, 1.165) is 30.8 Å². The maximum atomic E-state index is 3.75. The van der Waals surface area contributed by atoms with Crippen LogP contribution in [0.3, 0.4) is 0 Å². The summed E-state index contributed by atoms with van der Waals surface area (Å²) in [5, 5.41) is 3.75. The van der Waals surface area contributed by atoms with E-state index in [4.69, 9.17) is 0 Å². The Morgan fingerprint density at radius 2 is 1.89 bits per heavy atom. The monoisotopic (exact) mass is 245 g/mol. The quantitative estimate of drug-likeness (QED) is 0.847. The smallest absolute Gasteiger partial charge is 0.00699 e. The molecular formula is C17H27N. The van der Waals surface area contributed by atoms with Crippen molar-refractivity contribution in [3.8, 4) is 0 Å². The molecule has 0 radical (unpaired) electrons. The van der Waals surface area contributed by atoms with Crippen LogP contribution in [0, 0.1) is 18.8 Å². The minimum Gasteiger partial charge on any atom is -0.314 e. The number of benzene rings is 1. The highest BCUT2D eigenvalue weighted by molar-refractivity contribution is 5.25. The highest BCUT2D eigenvalue weighted by Crippen LogP contribution is 2.29. The molecule has 18 heavy (non-hydrogen) atoms. The zero-order valence-electron chi connectivity index (χ0n) is 12.1. The fourth-order valence-electron chi connectivity index (χ4n) is 3.03. The Morgan fingerprint density at radius 1 is 1.11 bits per heavy atom. The van der Waals surface area contributed by atoms with Crippen LogP contribution in [-0.4, -0.2) is 12.6 Å². The van der Waals surface area contributed by atoms with Crippen LogP contribution in [0.25, 0.3) is 0 Å². The van der Waals surface area contributed by atoms with Crippen molar-refractivity contribution in [2.45, 2.75) is 52.5 Å². The third-order valence-electron chi connectivity index (χ3n) is 4.69. The SMILES string of the molecule is Cc1ccccc1CCNC1CCC(C)C(C)C1. The first kappa shape index (κ1) is 13.6. The molecule has 1 saturated carbocycles. The van der Waals surface area contributed by atoms with E-state index in [2.05, 4.69) is 50.4 Å². The molecule has 1 N–H and O–H groups in total. The number of hydrogen-bond donors (Lipinski definition) is 1. The predicted octanol–water partition coefficient (Wildman–Crippen LogP) is 3.95. The first-order valence-electron chi connectivity index (χ1n) is 7.44. The summed E-state index contributed by atoms with van der Waals surface area (Å²) in [5.41, 5.74) is 2.91. The van der Waals surface area contributed by atoms with Gasteiger partial charge in [0.25, 0.3) is 0 Å². The van der Waals surface area contributed by atoms with Gasteiger partial charge in [-0.05, 0) is 62.1 Å². The molecule has 1 nitrogen and oxygen atoms in total. The molecule has 100 valence electrons. The normalized spacial score (nSPS) is 28.3. The summed E-state index contributed by atoms with van der Waals surface area (Å²) in [6.07, 6.45) is 5.27. The van der Waals surface area contributed by atoms with Crippen LogP contribution in [0.1, 0.15) is 44.2 Å². The van der Waals surface area contributed by atoms with Gasteiger partial charge in [-0.3, -0.25) is 0 Å². The summed E-state index contributed by atoms with van der Waals surface area (Å²) in [6.45, 7) is 8.13. The first-order valence-corrected chi connectivity index (χ1v) is 7.44. The van der Waals surface area contributed by atoms with Crippen LogP contribution in [0.15, 0.2) is 24.3 Å². The second kappa shape index (κ2) is 6.38. The zero-order valence-corrected chi connectivity index (χ0v) is 12.1. The molecule has 3 atom stereocenters. The lowest BCUT2D eigenvalue weighted by Gasteiger charge is -2.32. The van der Waals surface area contributed by atoms with Crippen molar-refractivity contribution in [2.75, 3.05) is 6.54 Å². The lowest BCUT2D eigenvalue weighted by atomic mass is 9.79. The maximum absolute atomic E-state index is 3.75. The molecule has 0 amide bonds. The fraction of sp³-hybridized carbons (Fsp3) is 0.647. The summed E-state index contributed by atoms with van der Waals surface area (Å²) >= 11 is 0. The molecule has 0 bridgehead atoms. The van der Waals surface area contributed by atoms with E-state index in [1.165, 1.54) is 30.4 Å². The van der Waals surface area contributed by atoms with Gasteiger partial charge in [0, 0.05) is 6.04 Å². The average Bonchev–Trinajstić information content (AvgIpc) is 2.36. The Hall–Kier alpha value is -0.820. The number of nitrogens with one attached hydrogen (secondary N) is 1. The molecule has 1 aromatic carbocycles. The largest absolute Gasteiger partial charge is 0.314 e. The molecule has 1 aliphatic rings. The maximum Gasteiger partial charge on any atom is 0.00699 e. The lowest BCUT2D eigenvalue weighted by Crippen LogP contribution is -2.37. The Balaban J connectivity index is 1.74. The Morgan fingerprint density at radius 3 is 2.61 bits per heavy atom. The highest BCUT2D eigenvalue weighted by atomic mass is 14.9. The van der Waals surface area contributed by atoms with Crippen molar-refractivity contribution in [1.29, 1.82) is 0 Å². The molecule has 3 unspecified atom stereocenters. The first-order chi connectivity index (χ1) is 8.66. The van der Waals surface area contributed by atoms with E-state index in [-0.39, 0.29) is 0 Å². The van der Waals surface area contributed by atoms with E-state index in [1.54, 1.807) is 0 Å². The van der Waals surface area contributed by atoms with E-state index >= 15 is 0 Å². The fourth-order valence-corrected chi connectivity index (χ4v) is 3.03. The number of rotatable bonds is 4. The second-order valence-electron chi connectivity index (χ2n) is 6.10. The van der Waals surface area contributed by atoms with Gasteiger partial charge in [0.1, 0.15) is 0 Å². The summed E-state index contributed by atoms with van der Waals surface area (Å²) in [5.74, 6) is 1.80. The molecule has 1 aliphatic carbocycles. The zero-order chi connectivity index (χ0) is 13.0. The average molecular weight is 245 g/mol. The van der Waals surface area contributed by atoms with Crippen LogP contribution < -0.4 is 5.32 Å². The van der Waals surface area contributed by atoms with Gasteiger partial charge in [0.05, 0.1) is 0 Å². The van der Waals surface area contributed by atoms with Gasteiger partial charge in [-0.15, -0.1) is 0 Å². The topological polar surface area (TPSA) is 12.0 Å². The van der Waals surface area contributed by atoms with Crippen LogP contribution in [-0.2, 0) is 6.42 Å². The molecule has 0 aliphatic heterocycles. The molecule has 1 fully saturated rings. The van der Waals surface area contributed by atoms with E-state index in [1.807, 2.05) is 0 Å². The number of hydrogen-bond acceptors (Lipinski definition) is 1.